The fourth-order valence-electron chi connectivity index (χ4n) is 2.47. The SMILES string of the molecule is COc1cc(CN(C(=O)OC(C)(C)C)C2CC2)cc(OC)c1OC. The molecule has 1 amide bonds. The van der Waals surface area contributed by atoms with E-state index in [1.165, 1.54) is 0 Å². The summed E-state index contributed by atoms with van der Waals surface area (Å²) in [6.45, 7) is 6.05. The van der Waals surface area contributed by atoms with E-state index in [2.05, 4.69) is 0 Å². The largest absolute Gasteiger partial charge is 0.493 e. The Bertz CT molecular complexity index is 565. The highest BCUT2D eigenvalue weighted by molar-refractivity contribution is 5.69. The summed E-state index contributed by atoms with van der Waals surface area (Å²) in [5.41, 5.74) is 0.390. The van der Waals surface area contributed by atoms with Gasteiger partial charge in [0.2, 0.25) is 5.75 Å². The Hall–Kier alpha value is -2.11. The molecular weight excluding hydrogens is 310 g/mol. The first kappa shape index (κ1) is 18.2. The van der Waals surface area contributed by atoms with Crippen LogP contribution in [0.5, 0.6) is 17.2 Å². The molecular formula is C18H27NO5. The van der Waals surface area contributed by atoms with Crippen LogP contribution in [0.1, 0.15) is 39.2 Å². The molecule has 1 fully saturated rings. The number of ether oxygens (including phenoxy) is 4. The van der Waals surface area contributed by atoms with Gasteiger partial charge in [0.05, 0.1) is 21.3 Å². The van der Waals surface area contributed by atoms with Gasteiger partial charge in [0.15, 0.2) is 11.5 Å². The number of hydrogen-bond acceptors (Lipinski definition) is 5. The van der Waals surface area contributed by atoms with Crippen LogP contribution >= 0.6 is 0 Å². The second-order valence-corrected chi connectivity index (χ2v) is 6.87. The summed E-state index contributed by atoms with van der Waals surface area (Å²) >= 11 is 0. The van der Waals surface area contributed by atoms with Crippen molar-refractivity contribution in [3.05, 3.63) is 17.7 Å². The molecule has 0 bridgehead atoms. The molecule has 0 saturated heterocycles. The first-order chi connectivity index (χ1) is 11.3. The number of benzene rings is 1. The molecule has 24 heavy (non-hydrogen) atoms. The van der Waals surface area contributed by atoms with Gasteiger partial charge in [-0.2, -0.15) is 0 Å². The number of amides is 1. The molecule has 134 valence electrons. The monoisotopic (exact) mass is 337 g/mol. The number of hydrogen-bond donors (Lipinski definition) is 0. The molecule has 0 aromatic heterocycles. The Morgan fingerprint density at radius 2 is 1.62 bits per heavy atom. The average molecular weight is 337 g/mol. The van der Waals surface area contributed by atoms with Crippen LogP contribution in [0.3, 0.4) is 0 Å². The van der Waals surface area contributed by atoms with E-state index >= 15 is 0 Å². The molecule has 1 saturated carbocycles. The number of carbonyl (C=O) groups is 1. The summed E-state index contributed by atoms with van der Waals surface area (Å²) < 4.78 is 21.6. The van der Waals surface area contributed by atoms with Crippen LogP contribution in [-0.2, 0) is 11.3 Å². The van der Waals surface area contributed by atoms with Crippen molar-refractivity contribution in [2.24, 2.45) is 0 Å². The highest BCUT2D eigenvalue weighted by atomic mass is 16.6. The lowest BCUT2D eigenvalue weighted by Crippen LogP contribution is -2.37. The van der Waals surface area contributed by atoms with Gasteiger partial charge in [0, 0.05) is 12.6 Å². The van der Waals surface area contributed by atoms with Crippen LogP contribution in [0.25, 0.3) is 0 Å². The van der Waals surface area contributed by atoms with Gasteiger partial charge >= 0.3 is 6.09 Å². The van der Waals surface area contributed by atoms with E-state index in [0.717, 1.165) is 18.4 Å². The fourth-order valence-corrected chi connectivity index (χ4v) is 2.47. The molecule has 0 spiro atoms. The second-order valence-electron chi connectivity index (χ2n) is 6.87. The van der Waals surface area contributed by atoms with Gasteiger partial charge in [-0.3, -0.25) is 0 Å². The molecule has 0 heterocycles. The van der Waals surface area contributed by atoms with Crippen molar-refractivity contribution in [2.45, 2.75) is 51.8 Å². The van der Waals surface area contributed by atoms with Gasteiger partial charge in [0.25, 0.3) is 0 Å². The Kier molecular flexibility index (Phi) is 5.47. The molecule has 1 aromatic rings. The highest BCUT2D eigenvalue weighted by Crippen LogP contribution is 2.39. The van der Waals surface area contributed by atoms with Crippen molar-refractivity contribution in [2.75, 3.05) is 21.3 Å². The minimum atomic E-state index is -0.514. The smallest absolute Gasteiger partial charge is 0.410 e. The molecule has 0 unspecified atom stereocenters. The van der Waals surface area contributed by atoms with Gasteiger partial charge in [-0.15, -0.1) is 0 Å². The van der Waals surface area contributed by atoms with Crippen LogP contribution in [-0.4, -0.2) is 44.0 Å². The molecule has 0 radical (unpaired) electrons. The van der Waals surface area contributed by atoms with Crippen LogP contribution in [0.2, 0.25) is 0 Å². The predicted octanol–water partition coefficient (Wildman–Crippen LogP) is 3.61. The van der Waals surface area contributed by atoms with Crippen LogP contribution in [0, 0.1) is 0 Å². The van der Waals surface area contributed by atoms with E-state index in [4.69, 9.17) is 18.9 Å². The molecule has 1 aromatic carbocycles. The zero-order valence-electron chi connectivity index (χ0n) is 15.3. The van der Waals surface area contributed by atoms with Crippen molar-refractivity contribution in [1.29, 1.82) is 0 Å². The molecule has 2 rings (SSSR count). The second kappa shape index (κ2) is 7.20. The summed E-state index contributed by atoms with van der Waals surface area (Å²) in [4.78, 5) is 14.3. The fraction of sp³-hybridized carbons (Fsp3) is 0.611. The Morgan fingerprint density at radius 3 is 2.00 bits per heavy atom. The summed E-state index contributed by atoms with van der Waals surface area (Å²) in [5, 5.41) is 0. The third kappa shape index (κ3) is 4.46. The molecule has 6 heteroatoms. The quantitative estimate of drug-likeness (QED) is 0.793. The van der Waals surface area contributed by atoms with Crippen molar-refractivity contribution < 1.29 is 23.7 Å². The average Bonchev–Trinajstić information content (AvgIpc) is 3.34. The number of rotatable bonds is 6. The van der Waals surface area contributed by atoms with Gasteiger partial charge < -0.3 is 23.8 Å². The highest BCUT2D eigenvalue weighted by Gasteiger charge is 2.35. The molecule has 6 nitrogen and oxygen atoms in total. The molecule has 0 aliphatic heterocycles. The number of carbonyl (C=O) groups excluding carboxylic acids is 1. The van der Waals surface area contributed by atoms with Gasteiger partial charge in [-0.05, 0) is 51.3 Å². The van der Waals surface area contributed by atoms with Crippen molar-refractivity contribution in [3.63, 3.8) is 0 Å². The molecule has 0 N–H and O–H groups in total. The third-order valence-electron chi connectivity index (χ3n) is 3.69. The van der Waals surface area contributed by atoms with E-state index in [1.54, 1.807) is 26.2 Å². The van der Waals surface area contributed by atoms with Crippen LogP contribution in [0.15, 0.2) is 12.1 Å². The Balaban J connectivity index is 2.25. The first-order valence-electron chi connectivity index (χ1n) is 8.07. The van der Waals surface area contributed by atoms with Crippen molar-refractivity contribution in [3.8, 4) is 17.2 Å². The lowest BCUT2D eigenvalue weighted by Gasteiger charge is -2.28. The normalized spacial score (nSPS) is 14.1. The van der Waals surface area contributed by atoms with Crippen LogP contribution < -0.4 is 14.2 Å². The maximum atomic E-state index is 12.5. The van der Waals surface area contributed by atoms with E-state index < -0.39 is 5.60 Å². The van der Waals surface area contributed by atoms with Gasteiger partial charge in [-0.25, -0.2) is 4.79 Å². The zero-order valence-corrected chi connectivity index (χ0v) is 15.3. The maximum absolute atomic E-state index is 12.5. The molecule has 1 aliphatic rings. The predicted molar refractivity (Wildman–Crippen MR) is 90.9 cm³/mol. The zero-order chi connectivity index (χ0) is 17.9. The standard InChI is InChI=1S/C18H27NO5/c1-18(2,3)24-17(20)19(13-7-8-13)11-12-9-14(21-4)16(23-6)15(10-12)22-5/h9-10,13H,7-8,11H2,1-6H3. The minimum Gasteiger partial charge on any atom is -0.493 e. The summed E-state index contributed by atoms with van der Waals surface area (Å²) in [6.07, 6.45) is 1.71. The van der Waals surface area contributed by atoms with E-state index in [9.17, 15) is 4.79 Å². The molecule has 1 aliphatic carbocycles. The Labute approximate surface area is 143 Å². The number of nitrogens with zero attached hydrogens (tertiary/aromatic N) is 1. The summed E-state index contributed by atoms with van der Waals surface area (Å²) in [6, 6.07) is 3.96. The maximum Gasteiger partial charge on any atom is 0.410 e. The van der Waals surface area contributed by atoms with Crippen LogP contribution in [0.4, 0.5) is 4.79 Å². The van der Waals surface area contributed by atoms with Gasteiger partial charge in [-0.1, -0.05) is 0 Å². The topological polar surface area (TPSA) is 57.2 Å². The van der Waals surface area contributed by atoms with Crippen molar-refractivity contribution >= 4 is 6.09 Å². The lowest BCUT2D eigenvalue weighted by molar-refractivity contribution is 0.0216. The summed E-state index contributed by atoms with van der Waals surface area (Å²) in [7, 11) is 4.72. The number of methoxy groups -OCH3 is 3. The van der Waals surface area contributed by atoms with E-state index in [-0.39, 0.29) is 12.1 Å². The van der Waals surface area contributed by atoms with Crippen molar-refractivity contribution in [1.82, 2.24) is 4.90 Å². The first-order valence-corrected chi connectivity index (χ1v) is 8.07. The Morgan fingerprint density at radius 1 is 1.08 bits per heavy atom. The van der Waals surface area contributed by atoms with Gasteiger partial charge in [0.1, 0.15) is 5.60 Å². The van der Waals surface area contributed by atoms with E-state index in [1.807, 2.05) is 32.9 Å². The third-order valence-corrected chi connectivity index (χ3v) is 3.69. The van der Waals surface area contributed by atoms with E-state index in [0.29, 0.717) is 23.8 Å². The molecule has 0 atom stereocenters. The summed E-state index contributed by atoms with van der Waals surface area (Å²) in [5.74, 6) is 1.69. The minimum absolute atomic E-state index is 0.235. The lowest BCUT2D eigenvalue weighted by atomic mass is 10.1.